The van der Waals surface area contributed by atoms with Crippen LogP contribution in [0.4, 0.5) is 5.69 Å². The highest BCUT2D eigenvalue weighted by molar-refractivity contribution is 6.33. The molecular weight excluding hydrogens is 320 g/mol. The Hall–Kier alpha value is -3.17. The van der Waals surface area contributed by atoms with Gasteiger partial charge in [-0.15, -0.1) is 0 Å². The molecule has 0 saturated carbocycles. The first-order valence-corrected chi connectivity index (χ1v) is 7.61. The highest BCUT2D eigenvalue weighted by Gasteiger charge is 2.37. The molecule has 1 aliphatic rings. The maximum atomic E-state index is 12.6. The molecule has 1 aromatic rings. The van der Waals surface area contributed by atoms with E-state index < -0.39 is 17.9 Å². The molecule has 1 heterocycles. The molecule has 1 atom stereocenters. The van der Waals surface area contributed by atoms with Gasteiger partial charge in [0.15, 0.2) is 0 Å². The van der Waals surface area contributed by atoms with Crippen LogP contribution in [0.3, 0.4) is 0 Å². The van der Waals surface area contributed by atoms with Gasteiger partial charge in [0.05, 0.1) is 11.7 Å². The number of carbonyl (C=O) groups is 3. The second-order valence-electron chi connectivity index (χ2n) is 5.45. The molecule has 1 unspecified atom stereocenters. The van der Waals surface area contributed by atoms with E-state index in [0.717, 1.165) is 0 Å². The number of aliphatic hydroxyl groups is 1. The lowest BCUT2D eigenvalue weighted by Crippen LogP contribution is -2.39. The summed E-state index contributed by atoms with van der Waals surface area (Å²) in [5.41, 5.74) is 7.64. The number of fused-ring (bicyclic) bond motifs is 1. The number of nitrogens with two attached hydrogens (primary N) is 1. The first-order valence-electron chi connectivity index (χ1n) is 7.61. The van der Waals surface area contributed by atoms with Gasteiger partial charge < -0.3 is 15.6 Å². The van der Waals surface area contributed by atoms with Gasteiger partial charge in [0.1, 0.15) is 12.9 Å². The first kappa shape index (κ1) is 18.2. The summed E-state index contributed by atoms with van der Waals surface area (Å²) in [6, 6.07) is 2.54. The van der Waals surface area contributed by atoms with Crippen LogP contribution in [0.25, 0.3) is 11.6 Å². The van der Waals surface area contributed by atoms with Crippen LogP contribution in [-0.2, 0) is 14.4 Å². The molecule has 0 aliphatic carbocycles. The zero-order valence-electron chi connectivity index (χ0n) is 13.6. The number of aliphatic hydroxyl groups excluding tert-OH is 1. The van der Waals surface area contributed by atoms with Crippen LogP contribution in [0, 0.1) is 11.8 Å². The van der Waals surface area contributed by atoms with Crippen LogP contribution in [0.2, 0.25) is 0 Å². The fraction of sp³-hybridized carbons (Fsp3) is 0.211. The lowest BCUT2D eigenvalue weighted by Gasteiger charge is -2.24. The van der Waals surface area contributed by atoms with Crippen LogP contribution >= 0.6 is 0 Å². The molecule has 0 aromatic heterocycles. The molecule has 25 heavy (non-hydrogen) atoms. The van der Waals surface area contributed by atoms with Crippen molar-refractivity contribution in [3.63, 3.8) is 0 Å². The van der Waals surface area contributed by atoms with Gasteiger partial charge >= 0.3 is 0 Å². The van der Waals surface area contributed by atoms with Crippen LogP contribution < -0.4 is 10.6 Å². The predicted molar refractivity (Wildman–Crippen MR) is 95.3 cm³/mol. The number of hydrogen-bond donors (Lipinski definition) is 2. The summed E-state index contributed by atoms with van der Waals surface area (Å²) >= 11 is 0. The minimum absolute atomic E-state index is 0.0105. The highest BCUT2D eigenvalue weighted by atomic mass is 16.2. The third-order valence-corrected chi connectivity index (χ3v) is 3.94. The number of primary amides is 1. The summed E-state index contributed by atoms with van der Waals surface area (Å²) in [7, 11) is 0. The maximum Gasteiger partial charge on any atom is 0.259 e. The Labute approximate surface area is 145 Å². The number of nitrogens with zero attached hydrogens (tertiary/aromatic N) is 1. The predicted octanol–water partition coefficient (Wildman–Crippen LogP) is 0.866. The van der Waals surface area contributed by atoms with Gasteiger partial charge in [-0.2, -0.15) is 0 Å². The van der Waals surface area contributed by atoms with Crippen LogP contribution in [0.5, 0.6) is 0 Å². The van der Waals surface area contributed by atoms with Gasteiger partial charge in [0.25, 0.3) is 5.91 Å². The molecule has 2 amide bonds. The summed E-state index contributed by atoms with van der Waals surface area (Å²) in [6.45, 7) is 7.29. The number of amides is 2. The van der Waals surface area contributed by atoms with E-state index >= 15 is 0 Å². The van der Waals surface area contributed by atoms with Crippen molar-refractivity contribution in [3.8, 4) is 11.8 Å². The average molecular weight is 338 g/mol. The van der Waals surface area contributed by atoms with Gasteiger partial charge in [0.2, 0.25) is 5.91 Å². The molecule has 0 radical (unpaired) electrons. The molecule has 1 aromatic carbocycles. The Morgan fingerprint density at radius 2 is 2.16 bits per heavy atom. The van der Waals surface area contributed by atoms with E-state index in [0.29, 0.717) is 28.7 Å². The second kappa shape index (κ2) is 7.60. The molecule has 128 valence electrons. The molecular formula is C19H18N2O4. The van der Waals surface area contributed by atoms with Gasteiger partial charge in [-0.3, -0.25) is 14.5 Å². The Balaban J connectivity index is 2.55. The fourth-order valence-electron chi connectivity index (χ4n) is 2.82. The van der Waals surface area contributed by atoms with Crippen molar-refractivity contribution in [2.24, 2.45) is 5.73 Å². The Kier molecular flexibility index (Phi) is 5.52. The SMILES string of the molecule is C=Cc1c(C#CCO)ccc2c1C(=C)C(=O)N2C(C=O)CCC(N)=O. The van der Waals surface area contributed by atoms with Gasteiger partial charge in [-0.25, -0.2) is 0 Å². The van der Waals surface area contributed by atoms with E-state index in [4.69, 9.17) is 10.8 Å². The highest BCUT2D eigenvalue weighted by Crippen LogP contribution is 2.41. The lowest BCUT2D eigenvalue weighted by atomic mass is 9.96. The zero-order valence-corrected chi connectivity index (χ0v) is 13.6. The fourth-order valence-corrected chi connectivity index (χ4v) is 2.82. The minimum atomic E-state index is -0.815. The molecule has 1 aliphatic heterocycles. The molecule has 6 nitrogen and oxygen atoms in total. The van der Waals surface area contributed by atoms with Crippen LogP contribution in [-0.4, -0.2) is 35.9 Å². The lowest BCUT2D eigenvalue weighted by molar-refractivity contribution is -0.119. The van der Waals surface area contributed by atoms with Crippen molar-refractivity contribution in [2.45, 2.75) is 18.9 Å². The quantitative estimate of drug-likeness (QED) is 0.456. The van der Waals surface area contributed by atoms with E-state index in [9.17, 15) is 14.4 Å². The Morgan fingerprint density at radius 1 is 1.44 bits per heavy atom. The number of carbonyl (C=O) groups excluding carboxylic acids is 3. The number of benzene rings is 1. The third-order valence-electron chi connectivity index (χ3n) is 3.94. The molecule has 3 N–H and O–H groups in total. The molecule has 2 rings (SSSR count). The maximum absolute atomic E-state index is 12.6. The van der Waals surface area contributed by atoms with E-state index in [1.807, 2.05) is 0 Å². The monoisotopic (exact) mass is 338 g/mol. The molecule has 0 fully saturated rings. The smallest absolute Gasteiger partial charge is 0.259 e. The van der Waals surface area contributed by atoms with Crippen LogP contribution in [0.15, 0.2) is 25.3 Å². The number of rotatable bonds is 6. The van der Waals surface area contributed by atoms with Gasteiger partial charge in [-0.05, 0) is 24.1 Å². The number of anilines is 1. The van der Waals surface area contributed by atoms with E-state index in [1.165, 1.54) is 4.90 Å². The standard InChI is InChI=1S/C19H18N2O4/c1-3-15-13(5-4-10-22)6-8-16-18(15)12(2)19(25)21(16)14(11-23)7-9-17(20)24/h3,6,8,11,14,22H,1-2,7,9-10H2,(H2,20,24). The molecule has 0 bridgehead atoms. The second-order valence-corrected chi connectivity index (χ2v) is 5.45. The van der Waals surface area contributed by atoms with Gasteiger partial charge in [0, 0.05) is 23.1 Å². The average Bonchev–Trinajstić information content (AvgIpc) is 2.85. The number of aldehydes is 1. The zero-order chi connectivity index (χ0) is 18.6. The van der Waals surface area contributed by atoms with Gasteiger partial charge in [-0.1, -0.05) is 31.1 Å². The number of hydrogen-bond acceptors (Lipinski definition) is 4. The van der Waals surface area contributed by atoms with Crippen molar-refractivity contribution in [3.05, 3.63) is 42.0 Å². The topological polar surface area (TPSA) is 101 Å². The van der Waals surface area contributed by atoms with E-state index in [1.54, 1.807) is 18.2 Å². The minimum Gasteiger partial charge on any atom is -0.384 e. The summed E-state index contributed by atoms with van der Waals surface area (Å²) in [5.74, 6) is 4.41. The third kappa shape index (κ3) is 3.37. The summed E-state index contributed by atoms with van der Waals surface area (Å²) in [4.78, 5) is 36.5. The van der Waals surface area contributed by atoms with Crippen molar-refractivity contribution >= 4 is 35.4 Å². The van der Waals surface area contributed by atoms with Crippen LogP contribution in [0.1, 0.15) is 29.5 Å². The summed E-state index contributed by atoms with van der Waals surface area (Å²) < 4.78 is 0. The van der Waals surface area contributed by atoms with Crippen molar-refractivity contribution < 1.29 is 19.5 Å². The summed E-state index contributed by atoms with van der Waals surface area (Å²) in [5, 5.41) is 8.87. The Bertz CT molecular complexity index is 830. The van der Waals surface area contributed by atoms with Crippen molar-refractivity contribution in [1.82, 2.24) is 0 Å². The van der Waals surface area contributed by atoms with Crippen molar-refractivity contribution in [2.75, 3.05) is 11.5 Å². The molecule has 6 heteroatoms. The largest absolute Gasteiger partial charge is 0.384 e. The molecule has 0 spiro atoms. The van der Waals surface area contributed by atoms with E-state index in [-0.39, 0.29) is 25.0 Å². The summed E-state index contributed by atoms with van der Waals surface area (Å²) in [6.07, 6.45) is 2.30. The normalized spacial score (nSPS) is 13.7. The van der Waals surface area contributed by atoms with Crippen molar-refractivity contribution in [1.29, 1.82) is 0 Å². The molecule has 0 saturated heterocycles. The van der Waals surface area contributed by atoms with E-state index in [2.05, 4.69) is 25.0 Å². The first-order chi connectivity index (χ1) is 12.0. The Morgan fingerprint density at radius 3 is 2.72 bits per heavy atom.